The fraction of sp³-hybridized carbons (Fsp3) is 0.440. The van der Waals surface area contributed by atoms with Crippen LogP contribution in [0.15, 0.2) is 48.5 Å². The van der Waals surface area contributed by atoms with Gasteiger partial charge in [0.25, 0.3) is 0 Å². The van der Waals surface area contributed by atoms with Crippen molar-refractivity contribution in [2.45, 2.75) is 53.0 Å². The summed E-state index contributed by atoms with van der Waals surface area (Å²) in [5.74, 6) is 2.16. The van der Waals surface area contributed by atoms with Gasteiger partial charge in [-0.05, 0) is 50.5 Å². The summed E-state index contributed by atoms with van der Waals surface area (Å²) in [6.07, 6.45) is 3.37. The maximum absolute atomic E-state index is 12.3. The normalized spacial score (nSPS) is 11.2. The number of fused-ring (bicyclic) bond motifs is 1. The van der Waals surface area contributed by atoms with E-state index in [4.69, 9.17) is 9.72 Å². The van der Waals surface area contributed by atoms with Crippen LogP contribution >= 0.6 is 0 Å². The number of nitrogens with one attached hydrogen (secondary N) is 1. The van der Waals surface area contributed by atoms with Crippen molar-refractivity contribution in [1.29, 1.82) is 0 Å². The quantitative estimate of drug-likeness (QED) is 0.460. The summed E-state index contributed by atoms with van der Waals surface area (Å²) >= 11 is 0. The van der Waals surface area contributed by atoms with Crippen LogP contribution in [0.4, 0.5) is 0 Å². The smallest absolute Gasteiger partial charge is 0.223 e. The summed E-state index contributed by atoms with van der Waals surface area (Å²) < 4.78 is 8.15. The molecule has 0 radical (unpaired) electrons. The lowest BCUT2D eigenvalue weighted by atomic mass is 10.0. The highest BCUT2D eigenvalue weighted by molar-refractivity contribution is 5.78. The van der Waals surface area contributed by atoms with Crippen LogP contribution in [-0.2, 0) is 17.8 Å². The Balaban J connectivity index is 1.60. The Labute approximate surface area is 179 Å². The number of ether oxygens (including phenoxy) is 1. The molecule has 3 aromatic rings. The van der Waals surface area contributed by atoms with Crippen molar-refractivity contribution in [3.8, 4) is 5.75 Å². The standard InChI is InChI=1S/C25H33N3O2/c1-4-20(5-2)25(29)26-16-15-24-27-22-9-6-7-10-23(22)28(24)17-8-18-30-21-13-11-19(3)12-14-21/h6-7,9-14,20H,4-5,8,15-18H2,1-3H3,(H,26,29). The summed E-state index contributed by atoms with van der Waals surface area (Å²) in [6.45, 7) is 8.29. The van der Waals surface area contributed by atoms with Crippen molar-refractivity contribution in [2.75, 3.05) is 13.2 Å². The molecule has 0 atom stereocenters. The highest BCUT2D eigenvalue weighted by Gasteiger charge is 2.15. The second kappa shape index (κ2) is 10.8. The molecule has 0 saturated carbocycles. The maximum atomic E-state index is 12.3. The second-order valence-corrected chi connectivity index (χ2v) is 7.74. The van der Waals surface area contributed by atoms with Crippen LogP contribution in [0.5, 0.6) is 5.75 Å². The number of carbonyl (C=O) groups is 1. The molecule has 0 aliphatic heterocycles. The zero-order valence-corrected chi connectivity index (χ0v) is 18.4. The lowest BCUT2D eigenvalue weighted by Gasteiger charge is -2.13. The summed E-state index contributed by atoms with van der Waals surface area (Å²) in [5.41, 5.74) is 3.36. The topological polar surface area (TPSA) is 56.2 Å². The summed E-state index contributed by atoms with van der Waals surface area (Å²) in [4.78, 5) is 17.1. The van der Waals surface area contributed by atoms with Crippen LogP contribution in [0.1, 0.15) is 44.5 Å². The Morgan fingerprint density at radius 2 is 1.83 bits per heavy atom. The van der Waals surface area contributed by atoms with E-state index in [2.05, 4.69) is 48.9 Å². The first-order chi connectivity index (χ1) is 14.6. The number of hydrogen-bond donors (Lipinski definition) is 1. The van der Waals surface area contributed by atoms with E-state index in [9.17, 15) is 4.79 Å². The molecule has 1 heterocycles. The Morgan fingerprint density at radius 3 is 2.57 bits per heavy atom. The molecule has 0 unspecified atom stereocenters. The fourth-order valence-corrected chi connectivity index (χ4v) is 3.71. The molecule has 1 aromatic heterocycles. The molecule has 160 valence electrons. The van der Waals surface area contributed by atoms with E-state index >= 15 is 0 Å². The van der Waals surface area contributed by atoms with Crippen LogP contribution in [0.3, 0.4) is 0 Å². The van der Waals surface area contributed by atoms with E-state index in [0.717, 1.165) is 54.8 Å². The number of hydrogen-bond acceptors (Lipinski definition) is 3. The number of aromatic nitrogens is 2. The minimum Gasteiger partial charge on any atom is -0.494 e. The summed E-state index contributed by atoms with van der Waals surface area (Å²) in [7, 11) is 0. The molecule has 0 aliphatic carbocycles. The molecule has 0 aliphatic rings. The van der Waals surface area contributed by atoms with Gasteiger partial charge in [-0.3, -0.25) is 4.79 Å². The Morgan fingerprint density at radius 1 is 1.10 bits per heavy atom. The number of aryl methyl sites for hydroxylation is 2. The predicted molar refractivity (Wildman–Crippen MR) is 122 cm³/mol. The summed E-state index contributed by atoms with van der Waals surface area (Å²) in [6, 6.07) is 16.3. The number of nitrogens with zero attached hydrogens (tertiary/aromatic N) is 2. The molecule has 2 aromatic carbocycles. The average Bonchev–Trinajstić information content (AvgIpc) is 3.11. The first kappa shape index (κ1) is 21.9. The van der Waals surface area contributed by atoms with Gasteiger partial charge in [-0.25, -0.2) is 4.98 Å². The van der Waals surface area contributed by atoms with Crippen molar-refractivity contribution in [2.24, 2.45) is 5.92 Å². The predicted octanol–water partition coefficient (Wildman–Crippen LogP) is 4.91. The third-order valence-corrected chi connectivity index (χ3v) is 5.55. The van der Waals surface area contributed by atoms with Crippen molar-refractivity contribution in [3.63, 3.8) is 0 Å². The minimum atomic E-state index is 0.0998. The second-order valence-electron chi connectivity index (χ2n) is 7.74. The summed E-state index contributed by atoms with van der Waals surface area (Å²) in [5, 5.41) is 3.08. The first-order valence-electron chi connectivity index (χ1n) is 11.0. The van der Waals surface area contributed by atoms with Gasteiger partial charge in [0.2, 0.25) is 5.91 Å². The molecule has 1 N–H and O–H groups in total. The molecule has 5 heteroatoms. The maximum Gasteiger partial charge on any atom is 0.223 e. The van der Waals surface area contributed by atoms with Crippen LogP contribution in [-0.4, -0.2) is 28.6 Å². The monoisotopic (exact) mass is 407 g/mol. The molecular weight excluding hydrogens is 374 g/mol. The van der Waals surface area contributed by atoms with Gasteiger partial charge in [0.05, 0.1) is 17.6 Å². The number of benzene rings is 2. The third-order valence-electron chi connectivity index (χ3n) is 5.55. The largest absolute Gasteiger partial charge is 0.494 e. The number of rotatable bonds is 11. The molecule has 5 nitrogen and oxygen atoms in total. The van der Waals surface area contributed by atoms with Gasteiger partial charge in [0.15, 0.2) is 0 Å². The van der Waals surface area contributed by atoms with Gasteiger partial charge >= 0.3 is 0 Å². The average molecular weight is 408 g/mol. The van der Waals surface area contributed by atoms with Gasteiger partial charge < -0.3 is 14.6 Å². The zero-order chi connectivity index (χ0) is 21.3. The fourth-order valence-electron chi connectivity index (χ4n) is 3.71. The first-order valence-corrected chi connectivity index (χ1v) is 11.0. The highest BCUT2D eigenvalue weighted by atomic mass is 16.5. The zero-order valence-electron chi connectivity index (χ0n) is 18.4. The van der Waals surface area contributed by atoms with E-state index < -0.39 is 0 Å². The Hall–Kier alpha value is -2.82. The van der Waals surface area contributed by atoms with E-state index in [1.54, 1.807) is 0 Å². The molecule has 3 rings (SSSR count). The molecule has 30 heavy (non-hydrogen) atoms. The third kappa shape index (κ3) is 5.62. The molecule has 0 fully saturated rings. The lowest BCUT2D eigenvalue weighted by molar-refractivity contribution is -0.125. The number of carbonyl (C=O) groups excluding carboxylic acids is 1. The van der Waals surface area contributed by atoms with E-state index in [0.29, 0.717) is 13.2 Å². The molecule has 1 amide bonds. The van der Waals surface area contributed by atoms with Crippen LogP contribution < -0.4 is 10.1 Å². The van der Waals surface area contributed by atoms with Crippen molar-refractivity contribution >= 4 is 16.9 Å². The minimum absolute atomic E-state index is 0.0998. The number of amides is 1. The van der Waals surface area contributed by atoms with Crippen LogP contribution in [0.2, 0.25) is 0 Å². The Kier molecular flexibility index (Phi) is 7.89. The van der Waals surface area contributed by atoms with E-state index in [1.807, 2.05) is 30.3 Å². The van der Waals surface area contributed by atoms with Crippen molar-refractivity contribution < 1.29 is 9.53 Å². The van der Waals surface area contributed by atoms with Gasteiger partial charge in [0.1, 0.15) is 11.6 Å². The number of para-hydroxylation sites is 2. The van der Waals surface area contributed by atoms with E-state index in [-0.39, 0.29) is 11.8 Å². The van der Waals surface area contributed by atoms with Gasteiger partial charge in [-0.2, -0.15) is 0 Å². The molecule has 0 saturated heterocycles. The van der Waals surface area contributed by atoms with Crippen LogP contribution in [0.25, 0.3) is 11.0 Å². The molecular formula is C25H33N3O2. The van der Waals surface area contributed by atoms with E-state index in [1.165, 1.54) is 5.56 Å². The SMILES string of the molecule is CCC(CC)C(=O)NCCc1nc2ccccc2n1CCCOc1ccc(C)cc1. The van der Waals surface area contributed by atoms with Crippen molar-refractivity contribution in [1.82, 2.24) is 14.9 Å². The van der Waals surface area contributed by atoms with Crippen LogP contribution in [0, 0.1) is 12.8 Å². The van der Waals surface area contributed by atoms with Gasteiger partial charge in [0, 0.05) is 25.4 Å². The number of imidazole rings is 1. The van der Waals surface area contributed by atoms with Gasteiger partial charge in [-0.15, -0.1) is 0 Å². The van der Waals surface area contributed by atoms with Gasteiger partial charge in [-0.1, -0.05) is 43.7 Å². The van der Waals surface area contributed by atoms with Crippen molar-refractivity contribution in [3.05, 3.63) is 59.9 Å². The highest BCUT2D eigenvalue weighted by Crippen LogP contribution is 2.18. The molecule has 0 spiro atoms. The molecule has 0 bridgehead atoms. The Bertz CT molecular complexity index is 943. The lowest BCUT2D eigenvalue weighted by Crippen LogP contribution is -2.32.